The zero-order valence-corrected chi connectivity index (χ0v) is 15.2. The van der Waals surface area contributed by atoms with Gasteiger partial charge in [-0.2, -0.15) is 0 Å². The van der Waals surface area contributed by atoms with Crippen molar-refractivity contribution in [2.75, 3.05) is 31.2 Å². The van der Waals surface area contributed by atoms with Gasteiger partial charge in [0.05, 0.1) is 11.1 Å². The third-order valence-electron chi connectivity index (χ3n) is 6.37. The van der Waals surface area contributed by atoms with Crippen LogP contribution in [0.1, 0.15) is 44.1 Å². The normalized spacial score (nSPS) is 23.4. The van der Waals surface area contributed by atoms with Gasteiger partial charge in [0.2, 0.25) is 5.91 Å². The fraction of sp³-hybridized carbons (Fsp3) is 0.632. The Kier molecular flexibility index (Phi) is 5.11. The van der Waals surface area contributed by atoms with Crippen molar-refractivity contribution in [2.45, 2.75) is 43.9 Å². The molecule has 2 aliphatic heterocycles. The summed E-state index contributed by atoms with van der Waals surface area (Å²) in [4.78, 5) is 15.3. The van der Waals surface area contributed by atoms with Crippen LogP contribution < -0.4 is 10.6 Å². The SMILES string of the molecule is Cl.NCC1(C(=O)N2CC3(CCCC3)c3c(F)cccc32)CCOCC1. The molecule has 6 heteroatoms. The van der Waals surface area contributed by atoms with E-state index < -0.39 is 5.41 Å². The molecule has 1 aliphatic carbocycles. The van der Waals surface area contributed by atoms with Crippen molar-refractivity contribution in [1.29, 1.82) is 0 Å². The number of amides is 1. The van der Waals surface area contributed by atoms with Gasteiger partial charge >= 0.3 is 0 Å². The molecule has 2 fully saturated rings. The molecule has 0 atom stereocenters. The lowest BCUT2D eigenvalue weighted by atomic mass is 9.78. The van der Waals surface area contributed by atoms with Crippen molar-refractivity contribution in [3.63, 3.8) is 0 Å². The van der Waals surface area contributed by atoms with Crippen molar-refractivity contribution in [1.82, 2.24) is 0 Å². The van der Waals surface area contributed by atoms with E-state index in [0.29, 0.717) is 39.1 Å². The Labute approximate surface area is 154 Å². The molecule has 3 aliphatic rings. The van der Waals surface area contributed by atoms with Gasteiger partial charge in [-0.05, 0) is 37.8 Å². The van der Waals surface area contributed by atoms with Gasteiger partial charge in [0.1, 0.15) is 5.82 Å². The lowest BCUT2D eigenvalue weighted by Crippen LogP contribution is -2.51. The van der Waals surface area contributed by atoms with Gasteiger partial charge in [0, 0.05) is 37.3 Å². The number of carbonyl (C=O) groups excluding carboxylic acids is 1. The van der Waals surface area contributed by atoms with E-state index in [9.17, 15) is 9.18 Å². The zero-order chi connectivity index (χ0) is 16.8. The number of hydrogen-bond donors (Lipinski definition) is 1. The van der Waals surface area contributed by atoms with E-state index in [2.05, 4.69) is 0 Å². The number of halogens is 2. The summed E-state index contributed by atoms with van der Waals surface area (Å²) < 4.78 is 20.1. The zero-order valence-electron chi connectivity index (χ0n) is 14.4. The highest BCUT2D eigenvalue weighted by Crippen LogP contribution is 2.52. The Balaban J connectivity index is 0.00000182. The molecule has 1 spiro atoms. The summed E-state index contributed by atoms with van der Waals surface area (Å²) in [6.45, 7) is 2.06. The molecule has 4 rings (SSSR count). The van der Waals surface area contributed by atoms with Crippen LogP contribution in [0.4, 0.5) is 10.1 Å². The molecule has 0 radical (unpaired) electrons. The summed E-state index contributed by atoms with van der Waals surface area (Å²) in [5.74, 6) is -0.109. The third kappa shape index (κ3) is 2.77. The summed E-state index contributed by atoms with van der Waals surface area (Å²) in [5.41, 5.74) is 6.79. The number of carbonyl (C=O) groups is 1. The molecule has 0 bridgehead atoms. The molecule has 0 aromatic heterocycles. The second-order valence-corrected chi connectivity index (χ2v) is 7.61. The van der Waals surface area contributed by atoms with Gasteiger partial charge in [-0.15, -0.1) is 12.4 Å². The molecule has 1 aromatic rings. The lowest BCUT2D eigenvalue weighted by molar-refractivity contribution is -0.133. The van der Waals surface area contributed by atoms with Crippen molar-refractivity contribution in [3.05, 3.63) is 29.6 Å². The molecule has 1 amide bonds. The first-order valence-electron chi connectivity index (χ1n) is 9.01. The lowest BCUT2D eigenvalue weighted by Gasteiger charge is -2.38. The molecule has 2 N–H and O–H groups in total. The number of nitrogens with zero attached hydrogens (tertiary/aromatic N) is 1. The molecule has 25 heavy (non-hydrogen) atoms. The second kappa shape index (κ2) is 6.86. The molecular formula is C19H26ClFN2O2. The highest BCUT2D eigenvalue weighted by molar-refractivity contribution is 6.00. The molecule has 4 nitrogen and oxygen atoms in total. The predicted molar refractivity (Wildman–Crippen MR) is 97.7 cm³/mol. The van der Waals surface area contributed by atoms with Crippen molar-refractivity contribution in [2.24, 2.45) is 11.1 Å². The molecule has 138 valence electrons. The van der Waals surface area contributed by atoms with Crippen LogP contribution in [0, 0.1) is 11.2 Å². The summed E-state index contributed by atoms with van der Waals surface area (Å²) in [5, 5.41) is 0. The van der Waals surface area contributed by atoms with Gasteiger partial charge in [0.25, 0.3) is 0 Å². The number of fused-ring (bicyclic) bond motifs is 2. The fourth-order valence-corrected chi connectivity index (χ4v) is 4.92. The first-order valence-corrected chi connectivity index (χ1v) is 9.01. The van der Waals surface area contributed by atoms with Crippen LogP contribution in [-0.2, 0) is 14.9 Å². The van der Waals surface area contributed by atoms with Gasteiger partial charge in [-0.1, -0.05) is 18.9 Å². The maximum atomic E-state index is 14.7. The van der Waals surface area contributed by atoms with Crippen LogP contribution in [0.5, 0.6) is 0 Å². The molecule has 1 saturated heterocycles. The van der Waals surface area contributed by atoms with E-state index in [1.807, 2.05) is 11.0 Å². The van der Waals surface area contributed by atoms with Crippen LogP contribution in [0.15, 0.2) is 18.2 Å². The van der Waals surface area contributed by atoms with Crippen LogP contribution in [0.25, 0.3) is 0 Å². The Morgan fingerprint density at radius 3 is 2.52 bits per heavy atom. The van der Waals surface area contributed by atoms with Crippen LogP contribution in [0.2, 0.25) is 0 Å². The number of ether oxygens (including phenoxy) is 1. The predicted octanol–water partition coefficient (Wildman–Crippen LogP) is 3.16. The molecule has 1 aromatic carbocycles. The minimum atomic E-state index is -0.564. The minimum absolute atomic E-state index is 0. The second-order valence-electron chi connectivity index (χ2n) is 7.61. The summed E-state index contributed by atoms with van der Waals surface area (Å²) >= 11 is 0. The first-order chi connectivity index (χ1) is 11.6. The van der Waals surface area contributed by atoms with E-state index in [1.165, 1.54) is 6.07 Å². The van der Waals surface area contributed by atoms with E-state index in [4.69, 9.17) is 10.5 Å². The van der Waals surface area contributed by atoms with Crippen molar-refractivity contribution < 1.29 is 13.9 Å². The molecule has 2 heterocycles. The fourth-order valence-electron chi connectivity index (χ4n) is 4.92. The molecule has 1 saturated carbocycles. The van der Waals surface area contributed by atoms with E-state index in [0.717, 1.165) is 36.9 Å². The monoisotopic (exact) mass is 368 g/mol. The number of rotatable bonds is 2. The van der Waals surface area contributed by atoms with Crippen LogP contribution >= 0.6 is 12.4 Å². The van der Waals surface area contributed by atoms with E-state index >= 15 is 0 Å². The Morgan fingerprint density at radius 2 is 1.88 bits per heavy atom. The summed E-state index contributed by atoms with van der Waals surface area (Å²) in [6.07, 6.45) is 5.43. The number of anilines is 1. The van der Waals surface area contributed by atoms with Gasteiger partial charge in [0.15, 0.2) is 0 Å². The smallest absolute Gasteiger partial charge is 0.234 e. The van der Waals surface area contributed by atoms with E-state index in [1.54, 1.807) is 6.07 Å². The number of nitrogens with two attached hydrogens (primary N) is 1. The highest BCUT2D eigenvalue weighted by atomic mass is 35.5. The quantitative estimate of drug-likeness (QED) is 0.872. The first kappa shape index (κ1) is 18.6. The Hall–Kier alpha value is -1.17. The number of benzene rings is 1. The summed E-state index contributed by atoms with van der Waals surface area (Å²) in [6, 6.07) is 5.13. The minimum Gasteiger partial charge on any atom is -0.381 e. The Morgan fingerprint density at radius 1 is 1.20 bits per heavy atom. The largest absolute Gasteiger partial charge is 0.381 e. The van der Waals surface area contributed by atoms with Gasteiger partial charge in [-0.3, -0.25) is 4.79 Å². The topological polar surface area (TPSA) is 55.6 Å². The molecule has 0 unspecified atom stereocenters. The van der Waals surface area contributed by atoms with Gasteiger partial charge < -0.3 is 15.4 Å². The third-order valence-corrected chi connectivity index (χ3v) is 6.37. The van der Waals surface area contributed by atoms with Gasteiger partial charge in [-0.25, -0.2) is 4.39 Å². The average Bonchev–Trinajstić information content (AvgIpc) is 3.21. The van der Waals surface area contributed by atoms with Crippen molar-refractivity contribution in [3.8, 4) is 0 Å². The Bertz CT molecular complexity index is 655. The molecular weight excluding hydrogens is 343 g/mol. The standard InChI is InChI=1S/C19H25FN2O2.ClH/c20-14-4-3-5-15-16(14)19(6-1-2-7-19)13-22(15)17(23)18(12-21)8-10-24-11-9-18;/h3-5H,1-2,6-13,21H2;1H. The highest BCUT2D eigenvalue weighted by Gasteiger charge is 2.51. The average molecular weight is 369 g/mol. The summed E-state index contributed by atoms with van der Waals surface area (Å²) in [7, 11) is 0. The maximum Gasteiger partial charge on any atom is 0.234 e. The maximum absolute atomic E-state index is 14.7. The van der Waals surface area contributed by atoms with Crippen molar-refractivity contribution >= 4 is 24.0 Å². The number of hydrogen-bond acceptors (Lipinski definition) is 3. The van der Waals surface area contributed by atoms with Crippen LogP contribution in [0.3, 0.4) is 0 Å². The van der Waals surface area contributed by atoms with Crippen LogP contribution in [-0.4, -0.2) is 32.2 Å². The van der Waals surface area contributed by atoms with E-state index in [-0.39, 0.29) is 29.5 Å².